The number of hydrogen-bond donors (Lipinski definition) is 1. The van der Waals surface area contributed by atoms with Crippen molar-refractivity contribution in [2.24, 2.45) is 5.10 Å². The highest BCUT2D eigenvalue weighted by molar-refractivity contribution is 7.71. The monoisotopic (exact) mass is 336 g/mol. The number of rotatable bonds is 5. The Labute approximate surface area is 137 Å². The minimum absolute atomic E-state index is 0.0864. The van der Waals surface area contributed by atoms with Crippen LogP contribution in [0, 0.1) is 11.7 Å². The maximum absolute atomic E-state index is 12.0. The number of hydrogen-bond acceptors (Lipinski definition) is 7. The summed E-state index contributed by atoms with van der Waals surface area (Å²) in [6, 6.07) is 3.37. The first-order chi connectivity index (χ1) is 11.0. The van der Waals surface area contributed by atoms with Crippen molar-refractivity contribution in [3.63, 3.8) is 0 Å². The van der Waals surface area contributed by atoms with Crippen LogP contribution in [0.15, 0.2) is 22.0 Å². The molecule has 0 atom stereocenters. The van der Waals surface area contributed by atoms with Crippen molar-refractivity contribution < 1.29 is 14.2 Å². The van der Waals surface area contributed by atoms with Gasteiger partial charge in [0.15, 0.2) is 0 Å². The first kappa shape index (κ1) is 16.7. The van der Waals surface area contributed by atoms with Crippen LogP contribution in [0.2, 0.25) is 0 Å². The van der Waals surface area contributed by atoms with Crippen LogP contribution in [0.5, 0.6) is 17.2 Å². The summed E-state index contributed by atoms with van der Waals surface area (Å²) in [5, 5.41) is 10.4. The largest absolute Gasteiger partial charge is 0.496 e. The molecule has 2 rings (SSSR count). The van der Waals surface area contributed by atoms with E-state index in [-0.39, 0.29) is 10.5 Å². The zero-order valence-corrected chi connectivity index (χ0v) is 13.9. The van der Waals surface area contributed by atoms with Gasteiger partial charge in [-0.05, 0) is 19.1 Å². The molecule has 0 spiro atoms. The van der Waals surface area contributed by atoms with Crippen molar-refractivity contribution in [1.29, 1.82) is 0 Å². The Kier molecular flexibility index (Phi) is 5.12. The molecule has 0 aliphatic heterocycles. The Hall–Kier alpha value is -2.68. The standard InChI is InChI=1S/C14H16N4O4S/c1-8-13(19)18(14(23)17-16-8)15-7-10-11(21-3)5-9(20-2)6-12(10)22-4/h5-7H,1-4H3,(H,17,23)/b15-7-. The molecule has 23 heavy (non-hydrogen) atoms. The van der Waals surface area contributed by atoms with Gasteiger partial charge in [-0.3, -0.25) is 9.89 Å². The number of aromatic nitrogens is 3. The smallest absolute Gasteiger partial charge is 0.296 e. The van der Waals surface area contributed by atoms with E-state index in [0.29, 0.717) is 22.8 Å². The number of benzene rings is 1. The fourth-order valence-electron chi connectivity index (χ4n) is 1.85. The third-order valence-corrected chi connectivity index (χ3v) is 3.33. The van der Waals surface area contributed by atoms with E-state index >= 15 is 0 Å². The van der Waals surface area contributed by atoms with Crippen molar-refractivity contribution in [3.8, 4) is 17.2 Å². The molecular weight excluding hydrogens is 320 g/mol. The molecule has 0 saturated heterocycles. The summed E-state index contributed by atoms with van der Waals surface area (Å²) in [6.45, 7) is 1.56. The van der Waals surface area contributed by atoms with Crippen LogP contribution in [0.3, 0.4) is 0 Å². The third kappa shape index (κ3) is 3.39. The molecule has 2 aromatic rings. The summed E-state index contributed by atoms with van der Waals surface area (Å²) < 4.78 is 16.9. The van der Waals surface area contributed by atoms with Gasteiger partial charge in [0.1, 0.15) is 22.9 Å². The molecule has 9 heteroatoms. The lowest BCUT2D eigenvalue weighted by atomic mass is 10.2. The van der Waals surface area contributed by atoms with Gasteiger partial charge in [0, 0.05) is 12.1 Å². The molecule has 8 nitrogen and oxygen atoms in total. The highest BCUT2D eigenvalue weighted by atomic mass is 32.1. The highest BCUT2D eigenvalue weighted by Crippen LogP contribution is 2.32. The Bertz CT molecular complexity index is 832. The van der Waals surface area contributed by atoms with Crippen LogP contribution in [0.4, 0.5) is 0 Å². The average Bonchev–Trinajstić information content (AvgIpc) is 2.57. The Morgan fingerprint density at radius 2 is 1.83 bits per heavy atom. The van der Waals surface area contributed by atoms with Gasteiger partial charge in [0.2, 0.25) is 4.77 Å². The van der Waals surface area contributed by atoms with Crippen LogP contribution in [0.1, 0.15) is 11.3 Å². The van der Waals surface area contributed by atoms with Gasteiger partial charge in [-0.1, -0.05) is 0 Å². The van der Waals surface area contributed by atoms with Crippen molar-refractivity contribution in [2.75, 3.05) is 21.3 Å². The van der Waals surface area contributed by atoms with Crippen LogP contribution in [-0.4, -0.2) is 42.4 Å². The lowest BCUT2D eigenvalue weighted by Crippen LogP contribution is -2.22. The Balaban J connectivity index is 2.58. The summed E-state index contributed by atoms with van der Waals surface area (Å²) >= 11 is 5.03. The average molecular weight is 336 g/mol. The van der Waals surface area contributed by atoms with E-state index in [1.54, 1.807) is 26.2 Å². The number of nitrogens with zero attached hydrogens (tertiary/aromatic N) is 3. The predicted octanol–water partition coefficient (Wildman–Crippen LogP) is 1.52. The van der Waals surface area contributed by atoms with E-state index in [9.17, 15) is 4.79 Å². The van der Waals surface area contributed by atoms with Gasteiger partial charge in [-0.25, -0.2) is 0 Å². The fourth-order valence-corrected chi connectivity index (χ4v) is 2.03. The second kappa shape index (κ2) is 7.05. The maximum atomic E-state index is 12.0. The number of H-pyrrole nitrogens is 1. The Morgan fingerprint density at radius 1 is 1.22 bits per heavy atom. The normalized spacial score (nSPS) is 10.8. The SMILES string of the molecule is COc1cc(OC)c(/C=N\n2c(=S)[nH]nc(C)c2=O)c(OC)c1. The van der Waals surface area contributed by atoms with E-state index in [2.05, 4.69) is 15.3 Å². The number of aromatic amines is 1. The molecule has 1 N–H and O–H groups in total. The summed E-state index contributed by atoms with van der Waals surface area (Å²) in [4.78, 5) is 12.0. The number of methoxy groups -OCH3 is 3. The minimum Gasteiger partial charge on any atom is -0.496 e. The van der Waals surface area contributed by atoms with Crippen molar-refractivity contribution >= 4 is 18.4 Å². The topological polar surface area (TPSA) is 90.7 Å². The maximum Gasteiger partial charge on any atom is 0.296 e. The van der Waals surface area contributed by atoms with Crippen molar-refractivity contribution in [1.82, 2.24) is 14.9 Å². The zero-order chi connectivity index (χ0) is 17.0. The lowest BCUT2D eigenvalue weighted by molar-refractivity contribution is 0.374. The van der Waals surface area contributed by atoms with Gasteiger partial charge in [0.05, 0.1) is 33.1 Å². The van der Waals surface area contributed by atoms with E-state index in [0.717, 1.165) is 4.68 Å². The molecule has 0 fully saturated rings. The van der Waals surface area contributed by atoms with Gasteiger partial charge >= 0.3 is 0 Å². The second-order valence-electron chi connectivity index (χ2n) is 4.42. The first-order valence-electron chi connectivity index (χ1n) is 6.54. The number of ether oxygens (including phenoxy) is 3. The van der Waals surface area contributed by atoms with E-state index in [1.165, 1.54) is 20.4 Å². The van der Waals surface area contributed by atoms with E-state index in [1.807, 2.05) is 0 Å². The third-order valence-electron chi connectivity index (χ3n) is 3.07. The lowest BCUT2D eigenvalue weighted by Gasteiger charge is -2.12. The van der Waals surface area contributed by atoms with E-state index < -0.39 is 5.56 Å². The summed E-state index contributed by atoms with van der Waals surface area (Å²) in [5.41, 5.74) is 0.396. The van der Waals surface area contributed by atoms with Crippen LogP contribution in [-0.2, 0) is 0 Å². The predicted molar refractivity (Wildman–Crippen MR) is 87.5 cm³/mol. The molecule has 1 aromatic carbocycles. The molecule has 0 aliphatic carbocycles. The zero-order valence-electron chi connectivity index (χ0n) is 13.1. The van der Waals surface area contributed by atoms with Crippen molar-refractivity contribution in [2.45, 2.75) is 6.92 Å². The molecule has 122 valence electrons. The molecule has 0 aliphatic rings. The molecule has 0 amide bonds. The molecular formula is C14H16N4O4S. The summed E-state index contributed by atoms with van der Waals surface area (Å²) in [7, 11) is 4.57. The Morgan fingerprint density at radius 3 is 2.35 bits per heavy atom. The summed E-state index contributed by atoms with van der Waals surface area (Å²) in [5.74, 6) is 1.54. The van der Waals surface area contributed by atoms with E-state index in [4.69, 9.17) is 26.4 Å². The molecule has 0 unspecified atom stereocenters. The van der Waals surface area contributed by atoms with Gasteiger partial charge < -0.3 is 14.2 Å². The second-order valence-corrected chi connectivity index (χ2v) is 4.81. The van der Waals surface area contributed by atoms with Crippen molar-refractivity contribution in [3.05, 3.63) is 38.5 Å². The molecule has 1 heterocycles. The quantitative estimate of drug-likeness (QED) is 0.657. The van der Waals surface area contributed by atoms with Gasteiger partial charge in [-0.15, -0.1) is 0 Å². The molecule has 0 saturated carbocycles. The molecule has 0 radical (unpaired) electrons. The number of aryl methyl sites for hydroxylation is 1. The highest BCUT2D eigenvalue weighted by Gasteiger charge is 2.12. The van der Waals surface area contributed by atoms with Crippen LogP contribution in [0.25, 0.3) is 0 Å². The van der Waals surface area contributed by atoms with Crippen LogP contribution >= 0.6 is 12.2 Å². The molecule has 1 aromatic heterocycles. The number of nitrogens with one attached hydrogen (secondary N) is 1. The summed E-state index contributed by atoms with van der Waals surface area (Å²) in [6.07, 6.45) is 1.43. The fraction of sp³-hybridized carbons (Fsp3) is 0.286. The van der Waals surface area contributed by atoms with Gasteiger partial charge in [-0.2, -0.15) is 14.9 Å². The first-order valence-corrected chi connectivity index (χ1v) is 6.95. The van der Waals surface area contributed by atoms with Crippen LogP contribution < -0.4 is 19.8 Å². The van der Waals surface area contributed by atoms with Gasteiger partial charge in [0.25, 0.3) is 5.56 Å². The molecule has 0 bridgehead atoms. The minimum atomic E-state index is -0.406.